The first-order chi connectivity index (χ1) is 13.3. The number of benzene rings is 2. The fraction of sp³-hybridized carbons (Fsp3) is 0.381. The molecule has 0 fully saturated rings. The Kier molecular flexibility index (Phi) is 7.87. The average Bonchev–Trinajstić information content (AvgIpc) is 2.65. The smallest absolute Gasteiger partial charge is 0.411 e. The minimum atomic E-state index is -3.71. The molecule has 0 aliphatic carbocycles. The first-order valence-corrected chi connectivity index (χ1v) is 10.9. The second-order valence-corrected chi connectivity index (χ2v) is 8.45. The summed E-state index contributed by atoms with van der Waals surface area (Å²) in [4.78, 5) is 11.9. The second-order valence-electron chi connectivity index (χ2n) is 6.77. The van der Waals surface area contributed by atoms with Gasteiger partial charge >= 0.3 is 6.09 Å². The molecule has 1 amide bonds. The third-order valence-corrected chi connectivity index (χ3v) is 5.66. The lowest BCUT2D eigenvalue weighted by atomic mass is 10.1. The monoisotopic (exact) mass is 404 g/mol. The van der Waals surface area contributed by atoms with Crippen molar-refractivity contribution in [2.45, 2.75) is 51.3 Å². The molecule has 0 aromatic heterocycles. The van der Waals surface area contributed by atoms with E-state index in [4.69, 9.17) is 4.74 Å². The van der Waals surface area contributed by atoms with E-state index in [0.717, 1.165) is 36.8 Å². The van der Waals surface area contributed by atoms with E-state index in [1.807, 2.05) is 26.0 Å². The van der Waals surface area contributed by atoms with Crippen LogP contribution in [-0.2, 0) is 14.8 Å². The molecular weight excluding hydrogens is 376 g/mol. The number of carbonyl (C=O) groups excluding carboxylic acids is 1. The summed E-state index contributed by atoms with van der Waals surface area (Å²) in [5.41, 5.74) is 2.84. The van der Waals surface area contributed by atoms with E-state index < -0.39 is 16.1 Å². The highest BCUT2D eigenvalue weighted by Gasteiger charge is 2.15. The molecule has 0 spiro atoms. The molecule has 7 heteroatoms. The molecule has 0 atom stereocenters. The standard InChI is InChI=1S/C21H28N2O4S/c1-4-5-6-7-14-27-21(24)22-18-10-12-19(13-11-18)28(25,26)23-20-15-16(2)8-9-17(20)3/h8-13,15,23H,4-7,14H2,1-3H3,(H,22,24). The number of unbranched alkanes of at least 4 members (excludes halogenated alkanes) is 3. The van der Waals surface area contributed by atoms with Gasteiger partial charge in [-0.25, -0.2) is 13.2 Å². The number of amides is 1. The number of hydrogen-bond acceptors (Lipinski definition) is 4. The number of nitrogens with one attached hydrogen (secondary N) is 2. The maximum absolute atomic E-state index is 12.6. The van der Waals surface area contributed by atoms with Crippen LogP contribution in [-0.4, -0.2) is 21.1 Å². The molecule has 0 aliphatic heterocycles. The van der Waals surface area contributed by atoms with Crippen LogP contribution >= 0.6 is 0 Å². The van der Waals surface area contributed by atoms with Gasteiger partial charge in [-0.05, 0) is 61.7 Å². The van der Waals surface area contributed by atoms with E-state index in [2.05, 4.69) is 17.0 Å². The Hall–Kier alpha value is -2.54. The van der Waals surface area contributed by atoms with Gasteiger partial charge < -0.3 is 4.74 Å². The molecule has 2 N–H and O–H groups in total. The molecule has 152 valence electrons. The number of anilines is 2. The molecule has 0 saturated carbocycles. The largest absolute Gasteiger partial charge is 0.449 e. The lowest BCUT2D eigenvalue weighted by molar-refractivity contribution is 0.159. The summed E-state index contributed by atoms with van der Waals surface area (Å²) < 4.78 is 32.9. The third-order valence-electron chi connectivity index (χ3n) is 4.28. The molecular formula is C21H28N2O4S. The van der Waals surface area contributed by atoms with Crippen molar-refractivity contribution in [3.63, 3.8) is 0 Å². The van der Waals surface area contributed by atoms with Gasteiger partial charge in [0.15, 0.2) is 0 Å². The van der Waals surface area contributed by atoms with Gasteiger partial charge in [-0.15, -0.1) is 0 Å². The fourth-order valence-electron chi connectivity index (χ4n) is 2.61. The fourth-order valence-corrected chi connectivity index (χ4v) is 3.74. The highest BCUT2D eigenvalue weighted by molar-refractivity contribution is 7.92. The van der Waals surface area contributed by atoms with Crippen LogP contribution in [0.25, 0.3) is 0 Å². The Morgan fingerprint density at radius 2 is 1.71 bits per heavy atom. The zero-order valence-electron chi connectivity index (χ0n) is 16.6. The van der Waals surface area contributed by atoms with Crippen molar-refractivity contribution < 1.29 is 17.9 Å². The second kappa shape index (κ2) is 10.1. The normalized spacial score (nSPS) is 11.1. The van der Waals surface area contributed by atoms with Crippen molar-refractivity contribution in [1.29, 1.82) is 0 Å². The maximum Gasteiger partial charge on any atom is 0.411 e. The summed E-state index contributed by atoms with van der Waals surface area (Å²) in [7, 11) is -3.71. The van der Waals surface area contributed by atoms with Crippen LogP contribution in [0.2, 0.25) is 0 Å². The minimum Gasteiger partial charge on any atom is -0.449 e. The average molecular weight is 405 g/mol. The van der Waals surface area contributed by atoms with Crippen LogP contribution in [0.3, 0.4) is 0 Å². The lowest BCUT2D eigenvalue weighted by Gasteiger charge is -2.12. The van der Waals surface area contributed by atoms with Gasteiger partial charge in [0.05, 0.1) is 17.2 Å². The topological polar surface area (TPSA) is 84.5 Å². The van der Waals surface area contributed by atoms with Crippen LogP contribution in [0.5, 0.6) is 0 Å². The van der Waals surface area contributed by atoms with E-state index in [1.165, 1.54) is 24.3 Å². The van der Waals surface area contributed by atoms with Crippen molar-refractivity contribution in [2.24, 2.45) is 0 Å². The Morgan fingerprint density at radius 1 is 1.00 bits per heavy atom. The van der Waals surface area contributed by atoms with Gasteiger partial charge in [-0.1, -0.05) is 38.3 Å². The lowest BCUT2D eigenvalue weighted by Crippen LogP contribution is -2.15. The van der Waals surface area contributed by atoms with E-state index in [9.17, 15) is 13.2 Å². The molecule has 2 rings (SSSR count). The van der Waals surface area contributed by atoms with E-state index in [1.54, 1.807) is 6.07 Å². The van der Waals surface area contributed by atoms with Crippen LogP contribution in [0.4, 0.5) is 16.2 Å². The van der Waals surface area contributed by atoms with E-state index >= 15 is 0 Å². The highest BCUT2D eigenvalue weighted by Crippen LogP contribution is 2.22. The van der Waals surface area contributed by atoms with Gasteiger partial charge in [-0.3, -0.25) is 10.0 Å². The summed E-state index contributed by atoms with van der Waals surface area (Å²) in [5, 5.41) is 2.60. The summed E-state index contributed by atoms with van der Waals surface area (Å²) in [6.07, 6.45) is 3.57. The molecule has 2 aromatic carbocycles. The van der Waals surface area contributed by atoms with Gasteiger partial charge in [0.1, 0.15) is 0 Å². The number of aryl methyl sites for hydroxylation is 2. The number of sulfonamides is 1. The summed E-state index contributed by atoms with van der Waals surface area (Å²) in [6.45, 7) is 6.24. The van der Waals surface area contributed by atoms with Crippen LogP contribution in [0.15, 0.2) is 47.4 Å². The Morgan fingerprint density at radius 3 is 2.39 bits per heavy atom. The number of carbonyl (C=O) groups is 1. The molecule has 0 unspecified atom stereocenters. The Balaban J connectivity index is 1.95. The van der Waals surface area contributed by atoms with Gasteiger partial charge in [0.2, 0.25) is 0 Å². The van der Waals surface area contributed by atoms with Crippen molar-refractivity contribution in [1.82, 2.24) is 0 Å². The van der Waals surface area contributed by atoms with Crippen LogP contribution in [0, 0.1) is 13.8 Å². The number of rotatable bonds is 9. The molecule has 6 nitrogen and oxygen atoms in total. The van der Waals surface area contributed by atoms with Crippen molar-refractivity contribution >= 4 is 27.5 Å². The first-order valence-electron chi connectivity index (χ1n) is 9.46. The first kappa shape index (κ1) is 21.8. The number of hydrogen-bond donors (Lipinski definition) is 2. The molecule has 0 radical (unpaired) electrons. The molecule has 28 heavy (non-hydrogen) atoms. The Bertz CT molecular complexity index is 893. The van der Waals surface area contributed by atoms with E-state index in [0.29, 0.717) is 18.0 Å². The molecule has 0 heterocycles. The van der Waals surface area contributed by atoms with E-state index in [-0.39, 0.29) is 4.90 Å². The van der Waals surface area contributed by atoms with Crippen LogP contribution in [0.1, 0.15) is 43.7 Å². The number of ether oxygens (including phenoxy) is 1. The molecule has 0 bridgehead atoms. The van der Waals surface area contributed by atoms with Crippen molar-refractivity contribution in [3.8, 4) is 0 Å². The third kappa shape index (κ3) is 6.56. The summed E-state index contributed by atoms with van der Waals surface area (Å²) >= 11 is 0. The summed E-state index contributed by atoms with van der Waals surface area (Å²) in [6, 6.07) is 11.6. The zero-order chi connectivity index (χ0) is 20.6. The van der Waals surface area contributed by atoms with Gasteiger partial charge in [0, 0.05) is 5.69 Å². The quantitative estimate of drug-likeness (QED) is 0.560. The SMILES string of the molecule is CCCCCCOC(=O)Nc1ccc(S(=O)(=O)Nc2cc(C)ccc2C)cc1. The zero-order valence-corrected chi connectivity index (χ0v) is 17.4. The maximum atomic E-state index is 12.6. The molecule has 0 aliphatic rings. The predicted octanol–water partition coefficient (Wildman–Crippen LogP) is 5.23. The summed E-state index contributed by atoms with van der Waals surface area (Å²) in [5.74, 6) is 0. The van der Waals surface area contributed by atoms with Crippen molar-refractivity contribution in [2.75, 3.05) is 16.6 Å². The minimum absolute atomic E-state index is 0.117. The molecule has 2 aromatic rings. The highest BCUT2D eigenvalue weighted by atomic mass is 32.2. The van der Waals surface area contributed by atoms with Crippen molar-refractivity contribution in [3.05, 3.63) is 53.6 Å². The van der Waals surface area contributed by atoms with Gasteiger partial charge in [0.25, 0.3) is 10.0 Å². The van der Waals surface area contributed by atoms with Gasteiger partial charge in [-0.2, -0.15) is 0 Å². The Labute approximate surface area is 167 Å². The predicted molar refractivity (Wildman–Crippen MR) is 112 cm³/mol. The molecule has 0 saturated heterocycles. The van der Waals surface area contributed by atoms with Crippen LogP contribution < -0.4 is 10.0 Å².